The van der Waals surface area contributed by atoms with Crippen LogP contribution in [-0.4, -0.2) is 61.7 Å². The van der Waals surface area contributed by atoms with Crippen molar-refractivity contribution in [3.63, 3.8) is 0 Å². The molecule has 0 atom stereocenters. The van der Waals surface area contributed by atoms with Crippen molar-refractivity contribution in [1.82, 2.24) is 25.8 Å². The fourth-order valence-electron chi connectivity index (χ4n) is 2.20. The molecule has 136 valence electrons. The topological polar surface area (TPSA) is 96.5 Å². The minimum absolute atomic E-state index is 0.629. The number of nitrogens with zero attached hydrogens (tertiary/aromatic N) is 3. The van der Waals surface area contributed by atoms with Crippen LogP contribution in [0.3, 0.4) is 0 Å². The molecular formula is C17H26N6O2. The number of methoxy groups -OCH3 is 1. The molecule has 0 unspecified atom stereocenters. The van der Waals surface area contributed by atoms with Crippen LogP contribution in [0.15, 0.2) is 35.6 Å². The monoisotopic (exact) mass is 346 g/mol. The highest BCUT2D eigenvalue weighted by atomic mass is 16.5. The van der Waals surface area contributed by atoms with Gasteiger partial charge in [0.05, 0.1) is 13.2 Å². The Morgan fingerprint density at radius 2 is 2.16 bits per heavy atom. The Labute approximate surface area is 148 Å². The molecule has 25 heavy (non-hydrogen) atoms. The SMILES string of the molecule is CN=C(NCCCOCCOC)NCc1cccc(-c2ncn[nH]2)c1. The molecule has 1 aromatic heterocycles. The van der Waals surface area contributed by atoms with Crippen molar-refractivity contribution in [2.45, 2.75) is 13.0 Å². The molecule has 0 spiro atoms. The number of aromatic nitrogens is 3. The summed E-state index contributed by atoms with van der Waals surface area (Å²) in [6.07, 6.45) is 2.41. The molecule has 8 heteroatoms. The molecule has 0 aliphatic carbocycles. The summed E-state index contributed by atoms with van der Waals surface area (Å²) in [5.41, 5.74) is 2.15. The molecule has 0 radical (unpaired) electrons. The van der Waals surface area contributed by atoms with E-state index in [4.69, 9.17) is 9.47 Å². The normalized spacial score (nSPS) is 11.5. The average molecular weight is 346 g/mol. The predicted molar refractivity (Wildman–Crippen MR) is 97.3 cm³/mol. The van der Waals surface area contributed by atoms with E-state index in [1.54, 1.807) is 14.2 Å². The van der Waals surface area contributed by atoms with Crippen LogP contribution in [0.2, 0.25) is 0 Å². The van der Waals surface area contributed by atoms with Crippen molar-refractivity contribution in [1.29, 1.82) is 0 Å². The Hall–Kier alpha value is -2.45. The number of ether oxygens (including phenoxy) is 2. The van der Waals surface area contributed by atoms with Crippen molar-refractivity contribution in [2.75, 3.05) is 40.5 Å². The zero-order chi connectivity index (χ0) is 17.7. The average Bonchev–Trinajstić information content (AvgIpc) is 3.18. The summed E-state index contributed by atoms with van der Waals surface area (Å²) in [6.45, 7) is 3.43. The van der Waals surface area contributed by atoms with Crippen LogP contribution in [0.1, 0.15) is 12.0 Å². The van der Waals surface area contributed by atoms with Gasteiger partial charge in [-0.2, -0.15) is 5.10 Å². The van der Waals surface area contributed by atoms with Crippen LogP contribution in [0.4, 0.5) is 0 Å². The van der Waals surface area contributed by atoms with Gasteiger partial charge in [-0.15, -0.1) is 0 Å². The fraction of sp³-hybridized carbons (Fsp3) is 0.471. The van der Waals surface area contributed by atoms with Gasteiger partial charge in [0, 0.05) is 39.4 Å². The lowest BCUT2D eigenvalue weighted by molar-refractivity contribution is 0.0698. The third-order valence-electron chi connectivity index (χ3n) is 3.49. The lowest BCUT2D eigenvalue weighted by Crippen LogP contribution is -2.37. The molecule has 1 aromatic carbocycles. The van der Waals surface area contributed by atoms with E-state index in [0.29, 0.717) is 26.4 Å². The lowest BCUT2D eigenvalue weighted by atomic mass is 10.1. The number of guanidine groups is 1. The summed E-state index contributed by atoms with van der Waals surface area (Å²) in [5.74, 6) is 1.53. The van der Waals surface area contributed by atoms with Gasteiger partial charge in [-0.3, -0.25) is 10.1 Å². The van der Waals surface area contributed by atoms with Crippen molar-refractivity contribution < 1.29 is 9.47 Å². The van der Waals surface area contributed by atoms with Gasteiger partial charge in [0.25, 0.3) is 0 Å². The van der Waals surface area contributed by atoms with E-state index in [1.807, 2.05) is 12.1 Å². The zero-order valence-corrected chi connectivity index (χ0v) is 14.8. The molecule has 0 bridgehead atoms. The number of rotatable bonds is 10. The third-order valence-corrected chi connectivity index (χ3v) is 3.49. The summed E-state index contributed by atoms with van der Waals surface area (Å²) < 4.78 is 10.4. The quantitative estimate of drug-likeness (QED) is 0.340. The van der Waals surface area contributed by atoms with Gasteiger partial charge in [0.15, 0.2) is 11.8 Å². The largest absolute Gasteiger partial charge is 0.382 e. The number of benzene rings is 1. The van der Waals surface area contributed by atoms with Gasteiger partial charge in [0.2, 0.25) is 0 Å². The first-order chi connectivity index (χ1) is 12.3. The molecule has 0 aliphatic rings. The van der Waals surface area contributed by atoms with E-state index in [1.165, 1.54) is 6.33 Å². The summed E-state index contributed by atoms with van der Waals surface area (Å²) >= 11 is 0. The Kier molecular flexibility index (Phi) is 8.43. The van der Waals surface area contributed by atoms with Gasteiger partial charge in [-0.05, 0) is 18.1 Å². The summed E-state index contributed by atoms with van der Waals surface area (Å²) in [5, 5.41) is 13.3. The van der Waals surface area contributed by atoms with Gasteiger partial charge < -0.3 is 20.1 Å². The van der Waals surface area contributed by atoms with E-state index in [9.17, 15) is 0 Å². The second-order valence-electron chi connectivity index (χ2n) is 5.35. The predicted octanol–water partition coefficient (Wildman–Crippen LogP) is 1.19. The Balaban J connectivity index is 1.71. The second-order valence-corrected chi connectivity index (χ2v) is 5.35. The lowest BCUT2D eigenvalue weighted by Gasteiger charge is -2.12. The molecule has 0 fully saturated rings. The minimum atomic E-state index is 0.629. The minimum Gasteiger partial charge on any atom is -0.382 e. The van der Waals surface area contributed by atoms with E-state index in [-0.39, 0.29) is 0 Å². The highest BCUT2D eigenvalue weighted by Gasteiger charge is 2.03. The van der Waals surface area contributed by atoms with Gasteiger partial charge in [-0.25, -0.2) is 4.98 Å². The highest BCUT2D eigenvalue weighted by molar-refractivity contribution is 5.79. The number of aromatic amines is 1. The Morgan fingerprint density at radius 1 is 1.24 bits per heavy atom. The van der Waals surface area contributed by atoms with E-state index < -0.39 is 0 Å². The first-order valence-electron chi connectivity index (χ1n) is 8.29. The Morgan fingerprint density at radius 3 is 2.92 bits per heavy atom. The molecule has 8 nitrogen and oxygen atoms in total. The molecule has 2 rings (SSSR count). The molecule has 0 saturated heterocycles. The van der Waals surface area contributed by atoms with Gasteiger partial charge >= 0.3 is 0 Å². The molecule has 1 heterocycles. The van der Waals surface area contributed by atoms with Gasteiger partial charge in [-0.1, -0.05) is 18.2 Å². The molecule has 0 amide bonds. The van der Waals surface area contributed by atoms with Crippen LogP contribution < -0.4 is 10.6 Å². The van der Waals surface area contributed by atoms with Crippen LogP contribution in [0, 0.1) is 0 Å². The van der Waals surface area contributed by atoms with Crippen molar-refractivity contribution in [2.24, 2.45) is 4.99 Å². The maximum absolute atomic E-state index is 5.43. The highest BCUT2D eigenvalue weighted by Crippen LogP contribution is 2.15. The maximum Gasteiger partial charge on any atom is 0.191 e. The number of H-pyrrole nitrogens is 1. The molecular weight excluding hydrogens is 320 g/mol. The van der Waals surface area contributed by atoms with Crippen LogP contribution >= 0.6 is 0 Å². The number of aliphatic imine (C=N–C) groups is 1. The second kappa shape index (κ2) is 11.2. The molecule has 3 N–H and O–H groups in total. The van der Waals surface area contributed by atoms with Crippen LogP contribution in [0.5, 0.6) is 0 Å². The maximum atomic E-state index is 5.43. The van der Waals surface area contributed by atoms with Gasteiger partial charge in [0.1, 0.15) is 6.33 Å². The number of hydrogen-bond donors (Lipinski definition) is 3. The summed E-state index contributed by atoms with van der Waals surface area (Å²) in [6, 6.07) is 8.14. The third kappa shape index (κ3) is 6.90. The summed E-state index contributed by atoms with van der Waals surface area (Å²) in [4.78, 5) is 8.40. The van der Waals surface area contributed by atoms with Crippen molar-refractivity contribution in [3.05, 3.63) is 36.2 Å². The molecule has 2 aromatic rings. The first kappa shape index (κ1) is 18.9. The number of nitrogens with one attached hydrogen (secondary N) is 3. The summed E-state index contributed by atoms with van der Waals surface area (Å²) in [7, 11) is 3.43. The van der Waals surface area contributed by atoms with E-state index in [0.717, 1.165) is 35.9 Å². The number of hydrogen-bond acceptors (Lipinski definition) is 5. The van der Waals surface area contributed by atoms with E-state index in [2.05, 4.69) is 42.9 Å². The zero-order valence-electron chi connectivity index (χ0n) is 14.8. The smallest absolute Gasteiger partial charge is 0.191 e. The van der Waals surface area contributed by atoms with E-state index >= 15 is 0 Å². The Bertz CT molecular complexity index is 630. The fourth-order valence-corrected chi connectivity index (χ4v) is 2.20. The van der Waals surface area contributed by atoms with Crippen molar-refractivity contribution >= 4 is 5.96 Å². The molecule has 0 saturated carbocycles. The van der Waals surface area contributed by atoms with Crippen LogP contribution in [0.25, 0.3) is 11.4 Å². The molecule has 0 aliphatic heterocycles. The standard InChI is InChI=1S/C17H26N6O2/c1-18-17(19-7-4-8-25-10-9-24-2)20-12-14-5-3-6-15(11-14)16-21-13-22-23-16/h3,5-6,11,13H,4,7-10,12H2,1-2H3,(H2,18,19,20)(H,21,22,23). The van der Waals surface area contributed by atoms with Crippen LogP contribution in [-0.2, 0) is 16.0 Å². The first-order valence-corrected chi connectivity index (χ1v) is 8.29. The van der Waals surface area contributed by atoms with Crippen molar-refractivity contribution in [3.8, 4) is 11.4 Å².